The van der Waals surface area contributed by atoms with Crippen LogP contribution in [0.5, 0.6) is 0 Å². The Kier molecular flexibility index (Phi) is 4.26. The van der Waals surface area contributed by atoms with Crippen molar-refractivity contribution in [1.29, 1.82) is 0 Å². The van der Waals surface area contributed by atoms with Gasteiger partial charge in [0.25, 0.3) is 0 Å². The van der Waals surface area contributed by atoms with Crippen molar-refractivity contribution in [2.75, 3.05) is 5.32 Å². The first kappa shape index (κ1) is 15.9. The lowest BCUT2D eigenvalue weighted by atomic mass is 10.1. The maximum Gasteiger partial charge on any atom is 0.142 e. The van der Waals surface area contributed by atoms with Gasteiger partial charge in [0.2, 0.25) is 0 Å². The fourth-order valence-corrected chi connectivity index (χ4v) is 3.90. The predicted molar refractivity (Wildman–Crippen MR) is 103 cm³/mol. The Bertz CT molecular complexity index is 988. The standard InChI is InChI=1S/C20H19N3OS/c1-23-11-10-21-20(23)19(24)14-6-8-16(9-7-14)22-12-15-13-25-18-5-3-2-4-17(15)18/h2-11,13,19,22,24H,12H2,1H3/t19-/m0/s1. The number of imidazole rings is 1. The number of aromatic nitrogens is 2. The van der Waals surface area contributed by atoms with E-state index in [1.54, 1.807) is 17.5 Å². The maximum atomic E-state index is 10.4. The molecule has 25 heavy (non-hydrogen) atoms. The molecule has 5 heteroatoms. The summed E-state index contributed by atoms with van der Waals surface area (Å²) in [6.07, 6.45) is 2.81. The minimum Gasteiger partial charge on any atom is -0.381 e. The van der Waals surface area contributed by atoms with Gasteiger partial charge in [-0.1, -0.05) is 30.3 Å². The molecule has 0 aliphatic carbocycles. The highest BCUT2D eigenvalue weighted by Gasteiger charge is 2.14. The van der Waals surface area contributed by atoms with Gasteiger partial charge >= 0.3 is 0 Å². The summed E-state index contributed by atoms with van der Waals surface area (Å²) < 4.78 is 3.14. The summed E-state index contributed by atoms with van der Waals surface area (Å²) in [5.41, 5.74) is 3.17. The summed E-state index contributed by atoms with van der Waals surface area (Å²) >= 11 is 1.77. The average molecular weight is 349 g/mol. The van der Waals surface area contributed by atoms with Crippen LogP contribution in [0.2, 0.25) is 0 Å². The van der Waals surface area contributed by atoms with E-state index >= 15 is 0 Å². The molecular weight excluding hydrogens is 330 g/mol. The third-order valence-corrected chi connectivity index (χ3v) is 5.39. The first-order valence-electron chi connectivity index (χ1n) is 8.16. The molecule has 4 nitrogen and oxygen atoms in total. The van der Waals surface area contributed by atoms with Crippen LogP contribution >= 0.6 is 11.3 Å². The quantitative estimate of drug-likeness (QED) is 0.564. The van der Waals surface area contributed by atoms with Gasteiger partial charge in [0.1, 0.15) is 11.9 Å². The van der Waals surface area contributed by atoms with Gasteiger partial charge < -0.3 is 15.0 Å². The second-order valence-electron chi connectivity index (χ2n) is 6.03. The number of aliphatic hydroxyl groups excluding tert-OH is 1. The molecule has 0 radical (unpaired) electrons. The second kappa shape index (κ2) is 6.70. The lowest BCUT2D eigenvalue weighted by Gasteiger charge is -2.12. The van der Waals surface area contributed by atoms with Crippen LogP contribution in [-0.2, 0) is 13.6 Å². The zero-order valence-corrected chi connectivity index (χ0v) is 14.7. The molecule has 2 heterocycles. The van der Waals surface area contributed by atoms with Crippen molar-refractivity contribution in [2.45, 2.75) is 12.6 Å². The van der Waals surface area contributed by atoms with Gasteiger partial charge in [-0.05, 0) is 40.1 Å². The number of nitrogens with one attached hydrogen (secondary N) is 1. The van der Waals surface area contributed by atoms with Crippen LogP contribution in [0, 0.1) is 0 Å². The molecule has 0 bridgehead atoms. The number of aliphatic hydroxyl groups is 1. The molecule has 0 fully saturated rings. The first-order chi connectivity index (χ1) is 12.2. The Hall–Kier alpha value is -2.63. The van der Waals surface area contributed by atoms with E-state index in [9.17, 15) is 5.11 Å². The number of nitrogens with zero attached hydrogens (tertiary/aromatic N) is 2. The number of benzene rings is 2. The second-order valence-corrected chi connectivity index (χ2v) is 6.94. The van der Waals surface area contributed by atoms with Gasteiger partial charge in [-0.2, -0.15) is 0 Å². The van der Waals surface area contributed by atoms with Gasteiger partial charge in [-0.3, -0.25) is 0 Å². The molecule has 2 aromatic heterocycles. The SMILES string of the molecule is Cn1ccnc1[C@@H](O)c1ccc(NCc2csc3ccccc23)cc1. The topological polar surface area (TPSA) is 50.1 Å². The number of hydrogen-bond acceptors (Lipinski definition) is 4. The maximum absolute atomic E-state index is 10.4. The van der Waals surface area contributed by atoms with Crippen LogP contribution < -0.4 is 5.32 Å². The highest BCUT2D eigenvalue weighted by atomic mass is 32.1. The molecule has 0 saturated heterocycles. The number of hydrogen-bond donors (Lipinski definition) is 2. The zero-order valence-electron chi connectivity index (χ0n) is 13.9. The fourth-order valence-electron chi connectivity index (χ4n) is 2.94. The monoisotopic (exact) mass is 349 g/mol. The van der Waals surface area contributed by atoms with E-state index in [4.69, 9.17) is 0 Å². The Morgan fingerprint density at radius 2 is 1.96 bits per heavy atom. The lowest BCUT2D eigenvalue weighted by Crippen LogP contribution is -2.07. The van der Waals surface area contributed by atoms with E-state index in [2.05, 4.69) is 39.9 Å². The number of fused-ring (bicyclic) bond motifs is 1. The predicted octanol–water partition coefficient (Wildman–Crippen LogP) is 4.33. The van der Waals surface area contributed by atoms with E-state index < -0.39 is 6.10 Å². The van der Waals surface area contributed by atoms with Crippen molar-refractivity contribution in [3.8, 4) is 0 Å². The normalized spacial score (nSPS) is 12.4. The molecular formula is C20H19N3OS. The van der Waals surface area contributed by atoms with Crippen molar-refractivity contribution in [3.05, 3.63) is 83.3 Å². The third kappa shape index (κ3) is 3.16. The molecule has 0 aliphatic rings. The Morgan fingerprint density at radius 1 is 1.16 bits per heavy atom. The minimum atomic E-state index is -0.713. The Morgan fingerprint density at radius 3 is 2.72 bits per heavy atom. The molecule has 0 aliphatic heterocycles. The number of aryl methyl sites for hydroxylation is 1. The molecule has 126 valence electrons. The van der Waals surface area contributed by atoms with Crippen LogP contribution in [-0.4, -0.2) is 14.7 Å². The fraction of sp³-hybridized carbons (Fsp3) is 0.150. The zero-order chi connectivity index (χ0) is 17.2. The Balaban J connectivity index is 1.46. The van der Waals surface area contributed by atoms with Crippen LogP contribution in [0.1, 0.15) is 23.1 Å². The first-order valence-corrected chi connectivity index (χ1v) is 9.04. The highest BCUT2D eigenvalue weighted by Crippen LogP contribution is 2.27. The molecule has 2 aromatic carbocycles. The van der Waals surface area contributed by atoms with Crippen LogP contribution in [0.3, 0.4) is 0 Å². The molecule has 0 spiro atoms. The van der Waals surface area contributed by atoms with Crippen LogP contribution in [0.15, 0.2) is 66.3 Å². The van der Waals surface area contributed by atoms with E-state index in [1.165, 1.54) is 15.6 Å². The summed E-state index contributed by atoms with van der Waals surface area (Å²) in [5, 5.41) is 17.4. The third-order valence-electron chi connectivity index (χ3n) is 4.37. The minimum absolute atomic E-state index is 0.644. The van der Waals surface area contributed by atoms with Crippen LogP contribution in [0.4, 0.5) is 5.69 Å². The molecule has 4 rings (SSSR count). The molecule has 0 unspecified atom stereocenters. The lowest BCUT2D eigenvalue weighted by molar-refractivity contribution is 0.206. The van der Waals surface area contributed by atoms with Crippen molar-refractivity contribution >= 4 is 27.1 Å². The van der Waals surface area contributed by atoms with Crippen molar-refractivity contribution < 1.29 is 5.11 Å². The average Bonchev–Trinajstić information content (AvgIpc) is 3.26. The van der Waals surface area contributed by atoms with Crippen molar-refractivity contribution in [3.63, 3.8) is 0 Å². The van der Waals surface area contributed by atoms with Gasteiger partial charge in [0.05, 0.1) is 0 Å². The van der Waals surface area contributed by atoms with Crippen molar-refractivity contribution in [1.82, 2.24) is 9.55 Å². The van der Waals surface area contributed by atoms with E-state index in [-0.39, 0.29) is 0 Å². The molecule has 0 saturated carbocycles. The largest absolute Gasteiger partial charge is 0.381 e. The number of rotatable bonds is 5. The van der Waals surface area contributed by atoms with E-state index in [0.717, 1.165) is 17.8 Å². The summed E-state index contributed by atoms with van der Waals surface area (Å²) in [5.74, 6) is 0.644. The van der Waals surface area contributed by atoms with Crippen LogP contribution in [0.25, 0.3) is 10.1 Å². The van der Waals surface area contributed by atoms with Gasteiger partial charge in [0, 0.05) is 36.4 Å². The van der Waals surface area contributed by atoms with Gasteiger partial charge in [-0.15, -0.1) is 11.3 Å². The molecule has 0 amide bonds. The molecule has 1 atom stereocenters. The molecule has 4 aromatic rings. The van der Waals surface area contributed by atoms with Gasteiger partial charge in [0.15, 0.2) is 0 Å². The molecule has 2 N–H and O–H groups in total. The number of anilines is 1. The summed E-state index contributed by atoms with van der Waals surface area (Å²) in [6, 6.07) is 16.3. The smallest absolute Gasteiger partial charge is 0.142 e. The van der Waals surface area contributed by atoms with E-state index in [0.29, 0.717) is 5.82 Å². The number of thiophene rings is 1. The summed E-state index contributed by atoms with van der Waals surface area (Å²) in [4.78, 5) is 4.21. The van der Waals surface area contributed by atoms with Gasteiger partial charge in [-0.25, -0.2) is 4.98 Å². The van der Waals surface area contributed by atoms with Crippen molar-refractivity contribution in [2.24, 2.45) is 7.05 Å². The Labute approximate surface area is 150 Å². The summed E-state index contributed by atoms with van der Waals surface area (Å²) in [6.45, 7) is 0.783. The van der Waals surface area contributed by atoms with E-state index in [1.807, 2.05) is 42.1 Å². The highest BCUT2D eigenvalue weighted by molar-refractivity contribution is 7.17. The summed E-state index contributed by atoms with van der Waals surface area (Å²) in [7, 11) is 1.88.